The Morgan fingerprint density at radius 3 is 2.61 bits per heavy atom. The fourth-order valence-corrected chi connectivity index (χ4v) is 1.51. The molecular formula is C12H19N3O3. The van der Waals surface area contributed by atoms with Gasteiger partial charge in [-0.25, -0.2) is 14.8 Å². The van der Waals surface area contributed by atoms with E-state index in [1.54, 1.807) is 0 Å². The van der Waals surface area contributed by atoms with E-state index in [1.807, 2.05) is 0 Å². The van der Waals surface area contributed by atoms with E-state index in [2.05, 4.69) is 29.1 Å². The summed E-state index contributed by atoms with van der Waals surface area (Å²) in [5, 5.41) is 20.6. The molecule has 0 spiro atoms. The molecule has 6 heteroatoms. The number of aromatic carboxylic acids is 1. The van der Waals surface area contributed by atoms with Crippen LogP contribution in [-0.4, -0.2) is 39.3 Å². The lowest BCUT2D eigenvalue weighted by Crippen LogP contribution is -2.24. The second-order valence-electron chi connectivity index (χ2n) is 4.94. The first kappa shape index (κ1) is 14.4. The fraction of sp³-hybridized carbons (Fsp3) is 0.583. The summed E-state index contributed by atoms with van der Waals surface area (Å²) in [4.78, 5) is 18.4. The first-order valence-electron chi connectivity index (χ1n) is 5.85. The number of aliphatic hydroxyl groups is 1. The number of carboxylic acids is 1. The Kier molecular flexibility index (Phi) is 5.03. The molecule has 0 aliphatic carbocycles. The third-order valence-electron chi connectivity index (χ3n) is 2.63. The molecule has 0 atom stereocenters. The van der Waals surface area contributed by atoms with Gasteiger partial charge in [-0.05, 0) is 18.3 Å². The SMILES string of the molecule is CC(C)(CCCO)CNc1cnc(C(=O)O)cn1. The Bertz CT molecular complexity index is 390. The maximum Gasteiger partial charge on any atom is 0.356 e. The third kappa shape index (κ3) is 4.67. The lowest BCUT2D eigenvalue weighted by atomic mass is 9.88. The van der Waals surface area contributed by atoms with Crippen LogP contribution >= 0.6 is 0 Å². The second kappa shape index (κ2) is 6.30. The van der Waals surface area contributed by atoms with E-state index >= 15 is 0 Å². The summed E-state index contributed by atoms with van der Waals surface area (Å²) in [7, 11) is 0. The highest BCUT2D eigenvalue weighted by atomic mass is 16.4. The van der Waals surface area contributed by atoms with Crippen LogP contribution in [0.2, 0.25) is 0 Å². The smallest absolute Gasteiger partial charge is 0.356 e. The average Bonchev–Trinajstić information content (AvgIpc) is 2.35. The lowest BCUT2D eigenvalue weighted by molar-refractivity contribution is 0.0690. The number of anilines is 1. The van der Waals surface area contributed by atoms with Crippen molar-refractivity contribution in [2.45, 2.75) is 26.7 Å². The Labute approximate surface area is 106 Å². The monoisotopic (exact) mass is 253 g/mol. The van der Waals surface area contributed by atoms with Gasteiger partial charge >= 0.3 is 5.97 Å². The van der Waals surface area contributed by atoms with E-state index < -0.39 is 5.97 Å². The molecule has 3 N–H and O–H groups in total. The van der Waals surface area contributed by atoms with E-state index in [-0.39, 0.29) is 17.7 Å². The van der Waals surface area contributed by atoms with Crippen LogP contribution in [0.25, 0.3) is 0 Å². The molecular weight excluding hydrogens is 234 g/mol. The molecule has 1 aromatic heterocycles. The van der Waals surface area contributed by atoms with Crippen molar-refractivity contribution in [3.05, 3.63) is 18.1 Å². The number of nitrogens with one attached hydrogen (secondary N) is 1. The molecule has 0 radical (unpaired) electrons. The van der Waals surface area contributed by atoms with Gasteiger partial charge in [0.1, 0.15) is 5.82 Å². The zero-order chi connectivity index (χ0) is 13.6. The summed E-state index contributed by atoms with van der Waals surface area (Å²) in [6.07, 6.45) is 4.30. The number of rotatable bonds is 7. The van der Waals surface area contributed by atoms with Crippen molar-refractivity contribution < 1.29 is 15.0 Å². The van der Waals surface area contributed by atoms with Gasteiger partial charge in [0.25, 0.3) is 0 Å². The number of carbonyl (C=O) groups is 1. The summed E-state index contributed by atoms with van der Waals surface area (Å²) in [5.41, 5.74) is -0.0318. The molecule has 0 saturated heterocycles. The highest BCUT2D eigenvalue weighted by molar-refractivity contribution is 5.84. The molecule has 0 fully saturated rings. The summed E-state index contributed by atoms with van der Waals surface area (Å²) >= 11 is 0. The quantitative estimate of drug-likeness (QED) is 0.679. The molecule has 0 aliphatic heterocycles. The average molecular weight is 253 g/mol. The van der Waals surface area contributed by atoms with E-state index in [4.69, 9.17) is 10.2 Å². The van der Waals surface area contributed by atoms with Gasteiger partial charge in [-0.15, -0.1) is 0 Å². The van der Waals surface area contributed by atoms with Crippen LogP contribution in [0.4, 0.5) is 5.82 Å². The standard InChI is InChI=1S/C12H19N3O3/c1-12(2,4-3-5-16)8-15-10-7-13-9(6-14-10)11(17)18/h6-7,16H,3-5,8H2,1-2H3,(H,14,15)(H,17,18). The van der Waals surface area contributed by atoms with Crippen LogP contribution in [0.1, 0.15) is 37.2 Å². The minimum Gasteiger partial charge on any atom is -0.476 e. The normalized spacial score (nSPS) is 11.3. The predicted octanol–water partition coefficient (Wildman–Crippen LogP) is 1.39. The molecule has 100 valence electrons. The van der Waals surface area contributed by atoms with Gasteiger partial charge < -0.3 is 15.5 Å². The predicted molar refractivity (Wildman–Crippen MR) is 67.6 cm³/mol. The largest absolute Gasteiger partial charge is 0.476 e. The van der Waals surface area contributed by atoms with Crippen LogP contribution in [-0.2, 0) is 0 Å². The number of aliphatic hydroxyl groups excluding tert-OH is 1. The topological polar surface area (TPSA) is 95.3 Å². The minimum atomic E-state index is -1.09. The van der Waals surface area contributed by atoms with E-state index in [9.17, 15) is 4.79 Å². The Balaban J connectivity index is 2.50. The van der Waals surface area contributed by atoms with Gasteiger partial charge in [0.2, 0.25) is 0 Å². The van der Waals surface area contributed by atoms with Crippen LogP contribution < -0.4 is 5.32 Å². The molecule has 1 heterocycles. The number of nitrogens with zero attached hydrogens (tertiary/aromatic N) is 2. The number of hydrogen-bond acceptors (Lipinski definition) is 5. The first-order valence-corrected chi connectivity index (χ1v) is 5.85. The zero-order valence-corrected chi connectivity index (χ0v) is 10.7. The molecule has 6 nitrogen and oxygen atoms in total. The molecule has 18 heavy (non-hydrogen) atoms. The van der Waals surface area contributed by atoms with Crippen LogP contribution in [0, 0.1) is 5.41 Å². The van der Waals surface area contributed by atoms with Crippen LogP contribution in [0.15, 0.2) is 12.4 Å². The summed E-state index contributed by atoms with van der Waals surface area (Å²) < 4.78 is 0. The van der Waals surface area contributed by atoms with Crippen molar-refractivity contribution in [1.29, 1.82) is 0 Å². The molecule has 0 saturated carbocycles. The van der Waals surface area contributed by atoms with E-state index in [1.165, 1.54) is 12.4 Å². The van der Waals surface area contributed by atoms with Crippen molar-refractivity contribution in [3.8, 4) is 0 Å². The van der Waals surface area contributed by atoms with Crippen molar-refractivity contribution in [2.75, 3.05) is 18.5 Å². The number of hydrogen-bond donors (Lipinski definition) is 3. The van der Waals surface area contributed by atoms with Crippen molar-refractivity contribution in [1.82, 2.24) is 9.97 Å². The van der Waals surface area contributed by atoms with E-state index in [0.717, 1.165) is 12.8 Å². The molecule has 1 rings (SSSR count). The van der Waals surface area contributed by atoms with Crippen molar-refractivity contribution in [2.24, 2.45) is 5.41 Å². The van der Waals surface area contributed by atoms with Gasteiger partial charge in [-0.1, -0.05) is 13.8 Å². The van der Waals surface area contributed by atoms with Crippen LogP contribution in [0.5, 0.6) is 0 Å². The summed E-state index contributed by atoms with van der Waals surface area (Å²) in [5.74, 6) is -0.533. The van der Waals surface area contributed by atoms with Gasteiger partial charge in [-0.2, -0.15) is 0 Å². The molecule has 0 unspecified atom stereocenters. The molecule has 0 aromatic carbocycles. The van der Waals surface area contributed by atoms with Gasteiger partial charge in [-0.3, -0.25) is 0 Å². The maximum atomic E-state index is 10.6. The maximum absolute atomic E-state index is 10.6. The van der Waals surface area contributed by atoms with Gasteiger partial charge in [0.15, 0.2) is 5.69 Å². The highest BCUT2D eigenvalue weighted by Gasteiger charge is 2.17. The van der Waals surface area contributed by atoms with Gasteiger partial charge in [0.05, 0.1) is 12.4 Å². The van der Waals surface area contributed by atoms with Crippen LogP contribution in [0.3, 0.4) is 0 Å². The van der Waals surface area contributed by atoms with Crippen molar-refractivity contribution in [3.63, 3.8) is 0 Å². The first-order chi connectivity index (χ1) is 8.44. The second-order valence-corrected chi connectivity index (χ2v) is 4.94. The molecule has 1 aromatic rings. The summed E-state index contributed by atoms with van der Waals surface area (Å²) in [6, 6.07) is 0. The van der Waals surface area contributed by atoms with Gasteiger partial charge in [0, 0.05) is 13.2 Å². The fourth-order valence-electron chi connectivity index (χ4n) is 1.51. The summed E-state index contributed by atoms with van der Waals surface area (Å²) in [6.45, 7) is 5.06. The van der Waals surface area contributed by atoms with Crippen molar-refractivity contribution >= 4 is 11.8 Å². The Hall–Kier alpha value is -1.69. The minimum absolute atomic E-state index is 0.0376. The molecule has 0 aliphatic rings. The number of aromatic nitrogens is 2. The Morgan fingerprint density at radius 1 is 1.39 bits per heavy atom. The highest BCUT2D eigenvalue weighted by Crippen LogP contribution is 2.22. The Morgan fingerprint density at radius 2 is 2.11 bits per heavy atom. The number of carboxylic acid groups (broad SMARTS) is 1. The molecule has 0 amide bonds. The zero-order valence-electron chi connectivity index (χ0n) is 10.7. The van der Waals surface area contributed by atoms with E-state index in [0.29, 0.717) is 12.4 Å². The lowest BCUT2D eigenvalue weighted by Gasteiger charge is -2.24. The third-order valence-corrected chi connectivity index (χ3v) is 2.63. The molecule has 0 bridgehead atoms.